The van der Waals surface area contributed by atoms with Gasteiger partial charge in [-0.2, -0.15) is 0 Å². The third kappa shape index (κ3) is 4.50. The lowest BCUT2D eigenvalue weighted by molar-refractivity contribution is -0.384. The fourth-order valence-corrected chi connectivity index (χ4v) is 4.75. The van der Waals surface area contributed by atoms with E-state index < -0.39 is 22.7 Å². The highest BCUT2D eigenvalue weighted by Gasteiger charge is 2.46. The SMILES string of the molecule is O=C1C(=O)N(CCCN2CCOCC2)C(c2cccc([N+](=O)[O-])c2)/C1=C(\O)c1ccc2c(c1)OCO2. The number of non-ortho nitro benzene ring substituents is 1. The Morgan fingerprint density at radius 3 is 2.61 bits per heavy atom. The van der Waals surface area contributed by atoms with Gasteiger partial charge in [-0.15, -0.1) is 0 Å². The first-order valence-corrected chi connectivity index (χ1v) is 11.7. The van der Waals surface area contributed by atoms with Gasteiger partial charge >= 0.3 is 0 Å². The molecule has 0 bridgehead atoms. The van der Waals surface area contributed by atoms with Crippen LogP contribution in [0.3, 0.4) is 0 Å². The summed E-state index contributed by atoms with van der Waals surface area (Å²) in [5, 5.41) is 22.7. The van der Waals surface area contributed by atoms with E-state index >= 15 is 0 Å². The summed E-state index contributed by atoms with van der Waals surface area (Å²) < 4.78 is 16.1. The van der Waals surface area contributed by atoms with Crippen molar-refractivity contribution in [1.82, 2.24) is 9.80 Å². The average molecular weight is 495 g/mol. The fraction of sp³-hybridized carbons (Fsp3) is 0.360. The van der Waals surface area contributed by atoms with Crippen molar-refractivity contribution in [2.45, 2.75) is 12.5 Å². The quantitative estimate of drug-likeness (QED) is 0.202. The number of likely N-dealkylation sites (tertiary alicyclic amines) is 1. The van der Waals surface area contributed by atoms with E-state index in [1.165, 1.54) is 29.2 Å². The van der Waals surface area contributed by atoms with Gasteiger partial charge < -0.3 is 24.2 Å². The molecule has 1 N–H and O–H groups in total. The first-order chi connectivity index (χ1) is 17.4. The predicted octanol–water partition coefficient (Wildman–Crippen LogP) is 2.47. The Hall–Kier alpha value is -3.96. The molecule has 11 nitrogen and oxygen atoms in total. The van der Waals surface area contributed by atoms with E-state index in [1.807, 2.05) is 0 Å². The van der Waals surface area contributed by atoms with Gasteiger partial charge in [0.25, 0.3) is 17.4 Å². The third-order valence-corrected chi connectivity index (χ3v) is 6.56. The highest BCUT2D eigenvalue weighted by Crippen LogP contribution is 2.42. The number of hydrogen-bond donors (Lipinski definition) is 1. The summed E-state index contributed by atoms with van der Waals surface area (Å²) in [7, 11) is 0. The molecular formula is C25H25N3O8. The lowest BCUT2D eigenvalue weighted by Gasteiger charge is -2.29. The molecule has 11 heteroatoms. The number of fused-ring (bicyclic) bond motifs is 1. The van der Waals surface area contributed by atoms with E-state index in [0.717, 1.165) is 13.1 Å². The van der Waals surface area contributed by atoms with Crippen molar-refractivity contribution >= 4 is 23.1 Å². The van der Waals surface area contributed by atoms with Crippen LogP contribution in [0, 0.1) is 10.1 Å². The zero-order valence-corrected chi connectivity index (χ0v) is 19.4. The van der Waals surface area contributed by atoms with Crippen molar-refractivity contribution in [3.05, 3.63) is 69.3 Å². The number of ketones is 1. The van der Waals surface area contributed by atoms with Crippen LogP contribution in [-0.2, 0) is 14.3 Å². The number of nitro benzene ring substituents is 1. The number of amides is 1. The Morgan fingerprint density at radius 2 is 1.83 bits per heavy atom. The summed E-state index contributed by atoms with van der Waals surface area (Å²) in [6, 6.07) is 9.53. The van der Waals surface area contributed by atoms with Gasteiger partial charge in [-0.1, -0.05) is 12.1 Å². The zero-order valence-electron chi connectivity index (χ0n) is 19.4. The summed E-state index contributed by atoms with van der Waals surface area (Å²) in [5.41, 5.74) is 0.360. The Morgan fingerprint density at radius 1 is 1.06 bits per heavy atom. The molecule has 2 aromatic rings. The van der Waals surface area contributed by atoms with Gasteiger partial charge in [0.1, 0.15) is 5.76 Å². The van der Waals surface area contributed by atoms with Crippen LogP contribution in [0.2, 0.25) is 0 Å². The number of morpholine rings is 1. The number of Topliss-reactive ketones (excluding diaryl/α,β-unsaturated/α-hetero) is 1. The number of carbonyl (C=O) groups excluding carboxylic acids is 2. The number of benzene rings is 2. The molecule has 0 saturated carbocycles. The number of nitro groups is 1. The Kier molecular flexibility index (Phi) is 6.57. The Labute approximate surface area is 206 Å². The molecule has 0 aromatic heterocycles. The van der Waals surface area contributed by atoms with Gasteiger partial charge in [-0.25, -0.2) is 0 Å². The minimum Gasteiger partial charge on any atom is -0.507 e. The highest BCUT2D eigenvalue weighted by molar-refractivity contribution is 6.46. The van der Waals surface area contributed by atoms with Crippen LogP contribution in [0.1, 0.15) is 23.6 Å². The first kappa shape index (κ1) is 23.8. The summed E-state index contributed by atoms with van der Waals surface area (Å²) in [5.74, 6) is -1.06. The Balaban J connectivity index is 1.51. The summed E-state index contributed by atoms with van der Waals surface area (Å²) >= 11 is 0. The minimum atomic E-state index is -0.972. The predicted molar refractivity (Wildman–Crippen MR) is 127 cm³/mol. The maximum Gasteiger partial charge on any atom is 0.295 e. The second-order valence-electron chi connectivity index (χ2n) is 8.72. The molecule has 2 fully saturated rings. The number of hydrogen-bond acceptors (Lipinski definition) is 9. The van der Waals surface area contributed by atoms with Gasteiger partial charge in [-0.3, -0.25) is 24.6 Å². The van der Waals surface area contributed by atoms with E-state index in [1.54, 1.807) is 18.2 Å². The van der Waals surface area contributed by atoms with Crippen molar-refractivity contribution in [3.8, 4) is 11.5 Å². The van der Waals surface area contributed by atoms with Crippen molar-refractivity contribution in [2.75, 3.05) is 46.2 Å². The van der Waals surface area contributed by atoms with Crippen LogP contribution in [0.5, 0.6) is 11.5 Å². The minimum absolute atomic E-state index is 0.0424. The molecular weight excluding hydrogens is 470 g/mol. The number of carbonyl (C=O) groups is 2. The van der Waals surface area contributed by atoms with E-state index in [4.69, 9.17) is 14.2 Å². The van der Waals surface area contributed by atoms with E-state index in [9.17, 15) is 24.8 Å². The monoisotopic (exact) mass is 495 g/mol. The summed E-state index contributed by atoms with van der Waals surface area (Å²) in [6.45, 7) is 3.86. The van der Waals surface area contributed by atoms with E-state index in [2.05, 4.69) is 4.90 Å². The summed E-state index contributed by atoms with van der Waals surface area (Å²) in [4.78, 5) is 40.8. The van der Waals surface area contributed by atoms with Crippen LogP contribution in [0.15, 0.2) is 48.0 Å². The molecule has 2 saturated heterocycles. The Bertz CT molecular complexity index is 1240. The van der Waals surface area contributed by atoms with Crippen molar-refractivity contribution in [1.29, 1.82) is 0 Å². The summed E-state index contributed by atoms with van der Waals surface area (Å²) in [6.07, 6.45) is 0.586. The van der Waals surface area contributed by atoms with Gasteiger partial charge in [0.05, 0.1) is 29.8 Å². The largest absolute Gasteiger partial charge is 0.507 e. The molecule has 1 amide bonds. The van der Waals surface area contributed by atoms with Gasteiger partial charge in [0.15, 0.2) is 11.5 Å². The highest BCUT2D eigenvalue weighted by atomic mass is 16.7. The van der Waals surface area contributed by atoms with Gasteiger partial charge in [0.2, 0.25) is 6.79 Å². The lowest BCUT2D eigenvalue weighted by atomic mass is 9.95. The van der Waals surface area contributed by atoms with Gasteiger partial charge in [0, 0.05) is 43.9 Å². The molecule has 1 unspecified atom stereocenters. The van der Waals surface area contributed by atoms with Crippen LogP contribution < -0.4 is 9.47 Å². The smallest absolute Gasteiger partial charge is 0.295 e. The van der Waals surface area contributed by atoms with Crippen LogP contribution in [0.25, 0.3) is 5.76 Å². The molecule has 36 heavy (non-hydrogen) atoms. The molecule has 3 aliphatic heterocycles. The lowest BCUT2D eigenvalue weighted by Crippen LogP contribution is -2.39. The van der Waals surface area contributed by atoms with Crippen molar-refractivity contribution in [2.24, 2.45) is 0 Å². The molecule has 0 radical (unpaired) electrons. The van der Waals surface area contributed by atoms with Crippen molar-refractivity contribution in [3.63, 3.8) is 0 Å². The number of aliphatic hydroxyl groups is 1. The standard InChI is InChI=1S/C25H25N3O8/c29-23(17-5-6-19-20(14-17)36-15-35-19)21-22(16-3-1-4-18(13-16)28(32)33)27(25(31)24(21)30)8-2-7-26-9-11-34-12-10-26/h1,3-6,13-14,22,29H,2,7-12,15H2/b23-21+. The van der Waals surface area contributed by atoms with E-state index in [0.29, 0.717) is 43.2 Å². The maximum absolute atomic E-state index is 13.2. The zero-order chi connectivity index (χ0) is 25.2. The molecule has 2 aromatic carbocycles. The number of rotatable bonds is 7. The molecule has 0 spiro atoms. The second kappa shape index (κ2) is 9.96. The van der Waals surface area contributed by atoms with Gasteiger partial charge in [-0.05, 0) is 30.2 Å². The first-order valence-electron chi connectivity index (χ1n) is 11.7. The number of nitrogens with zero attached hydrogens (tertiary/aromatic N) is 3. The van der Waals surface area contributed by atoms with Crippen LogP contribution in [-0.4, -0.2) is 77.7 Å². The van der Waals surface area contributed by atoms with Crippen LogP contribution in [0.4, 0.5) is 5.69 Å². The topological polar surface area (TPSA) is 132 Å². The molecule has 188 valence electrons. The fourth-order valence-electron chi connectivity index (χ4n) is 4.75. The maximum atomic E-state index is 13.2. The number of ether oxygens (including phenoxy) is 3. The number of aliphatic hydroxyl groups excluding tert-OH is 1. The average Bonchev–Trinajstić information content (AvgIpc) is 3.46. The molecule has 3 aliphatic rings. The van der Waals surface area contributed by atoms with Crippen LogP contribution >= 0.6 is 0 Å². The third-order valence-electron chi connectivity index (χ3n) is 6.56. The molecule has 0 aliphatic carbocycles. The second-order valence-corrected chi connectivity index (χ2v) is 8.72. The molecule has 5 rings (SSSR count). The van der Waals surface area contributed by atoms with E-state index in [-0.39, 0.29) is 35.9 Å². The molecule has 3 heterocycles. The normalized spacial score (nSPS) is 21.2. The molecule has 1 atom stereocenters. The van der Waals surface area contributed by atoms with Crippen molar-refractivity contribution < 1.29 is 33.8 Å².